The van der Waals surface area contributed by atoms with Crippen molar-refractivity contribution in [3.8, 4) is 5.75 Å². The van der Waals surface area contributed by atoms with Gasteiger partial charge in [-0.3, -0.25) is 19.2 Å². The normalized spacial score (nSPS) is 19.4. The molecule has 0 aliphatic carbocycles. The van der Waals surface area contributed by atoms with Crippen molar-refractivity contribution in [3.63, 3.8) is 0 Å². The number of aromatic amines is 1. The number of carboxylic acid groups (broad SMARTS) is 1. The van der Waals surface area contributed by atoms with Crippen LogP contribution in [-0.2, 0) is 36.8 Å². The largest absolute Gasteiger partial charge is 0.508 e. The van der Waals surface area contributed by atoms with Gasteiger partial charge in [0.25, 0.3) is 0 Å². The van der Waals surface area contributed by atoms with Gasteiger partial charge in [-0.2, -0.15) is 11.8 Å². The second-order valence-corrected chi connectivity index (χ2v) is 13.6. The number of aliphatic carboxylic acids is 1. The van der Waals surface area contributed by atoms with Crippen LogP contribution < -0.4 is 16.4 Å². The van der Waals surface area contributed by atoms with Crippen molar-refractivity contribution in [1.29, 1.82) is 0 Å². The van der Waals surface area contributed by atoms with Crippen molar-refractivity contribution in [3.05, 3.63) is 65.9 Å². The molecule has 2 aromatic carbocycles. The third-order valence-electron chi connectivity index (χ3n) is 9.33. The van der Waals surface area contributed by atoms with E-state index < -0.39 is 48.0 Å². The lowest BCUT2D eigenvalue weighted by Gasteiger charge is -2.32. The van der Waals surface area contributed by atoms with E-state index in [2.05, 4.69) is 15.6 Å². The summed E-state index contributed by atoms with van der Waals surface area (Å²) < 4.78 is 0. The number of likely N-dealkylation sites (tertiary alicyclic amines) is 2. The van der Waals surface area contributed by atoms with Gasteiger partial charge in [0.15, 0.2) is 0 Å². The molecule has 3 heterocycles. The van der Waals surface area contributed by atoms with Crippen molar-refractivity contribution >= 4 is 52.3 Å². The summed E-state index contributed by atoms with van der Waals surface area (Å²) in [5.41, 5.74) is 8.70. The number of nitrogens with zero attached hydrogens (tertiary/aromatic N) is 2. The Morgan fingerprint density at radius 2 is 1.63 bits per heavy atom. The van der Waals surface area contributed by atoms with Crippen LogP contribution >= 0.6 is 11.8 Å². The standard InChI is InChI=1S/C35H44N6O7S/c1-49-17-14-27(35(47)48)38-31(43)28(19-22-20-37-26-7-3-2-6-24(22)26)39-32(44)29-8-4-15-40(29)34(46)30-9-5-16-41(30)33(45)25(36)18-21-10-12-23(42)13-11-21/h2-3,6-7,10-13,20,25,27-30,37,42H,4-5,8-9,14-19,36H2,1H3,(H,38,43)(H,39,44)(H,47,48). The number of hydrogen-bond acceptors (Lipinski definition) is 8. The maximum atomic E-state index is 14.0. The Bertz CT molecular complexity index is 1660. The number of aromatic nitrogens is 1. The molecule has 13 nitrogen and oxygen atoms in total. The highest BCUT2D eigenvalue weighted by Gasteiger charge is 2.43. The smallest absolute Gasteiger partial charge is 0.326 e. The first-order chi connectivity index (χ1) is 23.6. The summed E-state index contributed by atoms with van der Waals surface area (Å²) in [7, 11) is 0. The van der Waals surface area contributed by atoms with Crippen LogP contribution in [0.4, 0.5) is 0 Å². The number of carboxylic acids is 1. The molecule has 3 aromatic rings. The molecule has 5 atom stereocenters. The number of phenols is 1. The summed E-state index contributed by atoms with van der Waals surface area (Å²) in [5.74, 6) is -2.35. The monoisotopic (exact) mass is 692 g/mol. The molecule has 4 amide bonds. The van der Waals surface area contributed by atoms with Gasteiger partial charge in [-0.1, -0.05) is 30.3 Å². The summed E-state index contributed by atoms with van der Waals surface area (Å²) in [6, 6.07) is 9.25. The lowest BCUT2D eigenvalue weighted by Crippen LogP contribution is -2.58. The number of hydrogen-bond donors (Lipinski definition) is 6. The fraction of sp³-hybridized carbons (Fsp3) is 0.457. The molecule has 1 aromatic heterocycles. The fourth-order valence-electron chi connectivity index (χ4n) is 6.73. The number of nitrogens with one attached hydrogen (secondary N) is 3. The van der Waals surface area contributed by atoms with Crippen molar-refractivity contribution in [2.75, 3.05) is 25.1 Å². The highest BCUT2D eigenvalue weighted by molar-refractivity contribution is 7.98. The summed E-state index contributed by atoms with van der Waals surface area (Å²) >= 11 is 1.47. The molecule has 2 aliphatic rings. The first-order valence-corrected chi connectivity index (χ1v) is 18.0. The Kier molecular flexibility index (Phi) is 11.8. The van der Waals surface area contributed by atoms with Crippen LogP contribution in [0.5, 0.6) is 5.75 Å². The molecular weight excluding hydrogens is 648 g/mol. The number of aromatic hydroxyl groups is 1. The van der Waals surface area contributed by atoms with Gasteiger partial charge in [-0.15, -0.1) is 0 Å². The maximum Gasteiger partial charge on any atom is 0.326 e. The fourth-order valence-corrected chi connectivity index (χ4v) is 7.20. The van der Waals surface area contributed by atoms with Crippen LogP contribution in [-0.4, -0.2) is 110 Å². The second-order valence-electron chi connectivity index (χ2n) is 12.7. The number of fused-ring (bicyclic) bond motifs is 1. The van der Waals surface area contributed by atoms with Crippen molar-refractivity contribution in [2.24, 2.45) is 5.73 Å². The van der Waals surface area contributed by atoms with Gasteiger partial charge in [0.2, 0.25) is 23.6 Å². The number of benzene rings is 2. The number of H-pyrrole nitrogens is 1. The second kappa shape index (κ2) is 16.2. The first-order valence-electron chi connectivity index (χ1n) is 16.6. The molecular formula is C35H44N6O7S. The first kappa shape index (κ1) is 35.7. The van der Waals surface area contributed by atoms with Crippen LogP contribution in [0, 0.1) is 0 Å². The third-order valence-corrected chi connectivity index (χ3v) is 9.97. The molecule has 0 spiro atoms. The molecule has 5 rings (SSSR count). The molecule has 0 saturated carbocycles. The van der Waals surface area contributed by atoms with Crippen LogP contribution in [0.15, 0.2) is 54.7 Å². The molecule has 14 heteroatoms. The highest BCUT2D eigenvalue weighted by Crippen LogP contribution is 2.27. The molecule has 0 radical (unpaired) electrons. The van der Waals surface area contributed by atoms with Crippen LogP contribution in [0.3, 0.4) is 0 Å². The zero-order valence-electron chi connectivity index (χ0n) is 27.5. The molecule has 2 fully saturated rings. The number of nitrogens with two attached hydrogens (primary N) is 1. The van der Waals surface area contributed by atoms with Crippen molar-refractivity contribution in [2.45, 2.75) is 75.2 Å². The Hall–Kier alpha value is -4.56. The van der Waals surface area contributed by atoms with Gasteiger partial charge in [0, 0.05) is 36.6 Å². The lowest BCUT2D eigenvalue weighted by molar-refractivity contribution is -0.147. The Morgan fingerprint density at radius 1 is 0.939 bits per heavy atom. The number of thioether (sulfide) groups is 1. The molecule has 2 saturated heterocycles. The summed E-state index contributed by atoms with van der Waals surface area (Å²) in [6.45, 7) is 0.696. The quantitative estimate of drug-likeness (QED) is 0.146. The molecule has 49 heavy (non-hydrogen) atoms. The predicted molar refractivity (Wildman–Crippen MR) is 186 cm³/mol. The van der Waals surface area contributed by atoms with E-state index in [1.54, 1.807) is 18.3 Å². The zero-order valence-corrected chi connectivity index (χ0v) is 28.3. The lowest BCUT2D eigenvalue weighted by atomic mass is 10.0. The van der Waals surface area contributed by atoms with Gasteiger partial charge in [0.1, 0.15) is 29.9 Å². The molecule has 2 aliphatic heterocycles. The van der Waals surface area contributed by atoms with Crippen molar-refractivity contribution in [1.82, 2.24) is 25.4 Å². The minimum absolute atomic E-state index is 0.0982. The van der Waals surface area contributed by atoms with E-state index in [-0.39, 0.29) is 36.8 Å². The van der Waals surface area contributed by atoms with E-state index in [0.29, 0.717) is 44.5 Å². The van der Waals surface area contributed by atoms with Crippen LogP contribution in [0.25, 0.3) is 10.9 Å². The Balaban J connectivity index is 1.30. The maximum absolute atomic E-state index is 14.0. The number of carbonyl (C=O) groups is 5. The van der Waals surface area contributed by atoms with E-state index in [4.69, 9.17) is 5.73 Å². The highest BCUT2D eigenvalue weighted by atomic mass is 32.2. The number of phenolic OH excluding ortho intramolecular Hbond substituents is 1. The summed E-state index contributed by atoms with van der Waals surface area (Å²) in [5, 5.41) is 25.7. The number of rotatable bonds is 14. The number of carbonyl (C=O) groups excluding carboxylic acids is 4. The topological polar surface area (TPSA) is 198 Å². The number of amides is 4. The molecule has 5 unspecified atom stereocenters. The zero-order chi connectivity index (χ0) is 35.1. The summed E-state index contributed by atoms with van der Waals surface area (Å²) in [4.78, 5) is 73.1. The van der Waals surface area contributed by atoms with Crippen LogP contribution in [0.1, 0.15) is 43.2 Å². The van der Waals surface area contributed by atoms with Gasteiger partial charge in [0.05, 0.1) is 6.04 Å². The molecule has 0 bridgehead atoms. The average Bonchev–Trinajstić information content (AvgIpc) is 3.87. The minimum Gasteiger partial charge on any atom is -0.508 e. The number of para-hydroxylation sites is 1. The third kappa shape index (κ3) is 8.54. The average molecular weight is 693 g/mol. The van der Waals surface area contributed by atoms with E-state index >= 15 is 0 Å². The van der Waals surface area contributed by atoms with E-state index in [1.165, 1.54) is 33.7 Å². The SMILES string of the molecule is CSCCC(NC(=O)C(Cc1c[nH]c2ccccc12)NC(=O)C1CCCN1C(=O)C1CCCN1C(=O)C(N)Cc1ccc(O)cc1)C(=O)O. The van der Waals surface area contributed by atoms with Crippen molar-refractivity contribution < 1.29 is 34.2 Å². The Morgan fingerprint density at radius 3 is 2.35 bits per heavy atom. The van der Waals surface area contributed by atoms with Gasteiger partial charge < -0.3 is 41.4 Å². The van der Waals surface area contributed by atoms with Gasteiger partial charge >= 0.3 is 5.97 Å². The Labute approximate surface area is 289 Å². The van der Waals surface area contributed by atoms with E-state index in [9.17, 15) is 34.2 Å². The molecule has 7 N–H and O–H groups in total. The van der Waals surface area contributed by atoms with E-state index in [0.717, 1.165) is 22.0 Å². The van der Waals surface area contributed by atoms with Gasteiger partial charge in [-0.05, 0) is 79.9 Å². The van der Waals surface area contributed by atoms with E-state index in [1.807, 2.05) is 30.5 Å². The summed E-state index contributed by atoms with van der Waals surface area (Å²) in [6.07, 6.45) is 6.19. The minimum atomic E-state index is -1.16. The molecule has 262 valence electrons. The van der Waals surface area contributed by atoms with Gasteiger partial charge in [-0.25, -0.2) is 4.79 Å². The predicted octanol–water partition coefficient (Wildman–Crippen LogP) is 1.78. The van der Waals surface area contributed by atoms with Crippen LogP contribution in [0.2, 0.25) is 0 Å².